The van der Waals surface area contributed by atoms with Crippen molar-refractivity contribution in [3.63, 3.8) is 0 Å². The molecule has 196 valence electrons. The average molecular weight is 536 g/mol. The van der Waals surface area contributed by atoms with Crippen LogP contribution in [0, 0.1) is 0 Å². The molecule has 2 amide bonds. The minimum absolute atomic E-state index is 0.0166. The summed E-state index contributed by atoms with van der Waals surface area (Å²) in [4.78, 5) is 18.6. The first kappa shape index (κ1) is 26.5. The number of alkyl halides is 3. The van der Waals surface area contributed by atoms with Gasteiger partial charge in [-0.25, -0.2) is 4.79 Å². The lowest BCUT2D eigenvalue weighted by Crippen LogP contribution is -2.44. The number of ether oxygens (including phenoxy) is 2. The Morgan fingerprint density at radius 3 is 2.54 bits per heavy atom. The summed E-state index contributed by atoms with van der Waals surface area (Å²) in [5, 5.41) is 7.80. The van der Waals surface area contributed by atoms with Crippen molar-refractivity contribution in [2.45, 2.75) is 6.18 Å². The van der Waals surface area contributed by atoms with Crippen LogP contribution in [0.3, 0.4) is 0 Å². The molecule has 0 radical (unpaired) electrons. The fourth-order valence-corrected chi connectivity index (χ4v) is 3.97. The molecule has 4 rings (SSSR count). The summed E-state index contributed by atoms with van der Waals surface area (Å²) in [6.45, 7) is 3.64. The smallest absolute Gasteiger partial charge is 0.422 e. The highest BCUT2D eigenvalue weighted by Crippen LogP contribution is 2.45. The van der Waals surface area contributed by atoms with Crippen molar-refractivity contribution in [3.05, 3.63) is 71.5 Å². The zero-order valence-corrected chi connectivity index (χ0v) is 20.4. The quantitative estimate of drug-likeness (QED) is 0.354. The number of hydrogen-bond donors (Lipinski definition) is 3. The minimum Gasteiger partial charge on any atom is -0.490 e. The van der Waals surface area contributed by atoms with Crippen LogP contribution in [0.1, 0.15) is 5.56 Å². The predicted octanol–water partition coefficient (Wildman–Crippen LogP) is 5.47. The molecule has 0 aliphatic carbocycles. The monoisotopic (exact) mass is 535 g/mol. The molecule has 1 aliphatic heterocycles. The van der Waals surface area contributed by atoms with E-state index in [-0.39, 0.29) is 11.6 Å². The second-order valence-electron chi connectivity index (χ2n) is 8.13. The molecule has 1 aliphatic rings. The van der Waals surface area contributed by atoms with E-state index in [1.165, 1.54) is 12.1 Å². The maximum atomic E-state index is 14.1. The first-order valence-corrected chi connectivity index (χ1v) is 11.9. The Morgan fingerprint density at radius 1 is 1.05 bits per heavy atom. The van der Waals surface area contributed by atoms with Crippen LogP contribution in [0.15, 0.2) is 60.9 Å². The number of halogens is 4. The number of rotatable bonds is 8. The van der Waals surface area contributed by atoms with E-state index in [1.54, 1.807) is 42.7 Å². The van der Waals surface area contributed by atoms with Gasteiger partial charge in [0.25, 0.3) is 0 Å². The summed E-state index contributed by atoms with van der Waals surface area (Å²) in [5.41, 5.74) is -1.31. The summed E-state index contributed by atoms with van der Waals surface area (Å²) in [7, 11) is 0. The summed E-state index contributed by atoms with van der Waals surface area (Å²) in [6, 6.07) is 11.2. The van der Waals surface area contributed by atoms with Gasteiger partial charge in [-0.15, -0.1) is 0 Å². The predicted molar refractivity (Wildman–Crippen MR) is 135 cm³/mol. The number of nitrogens with zero attached hydrogens (tertiary/aromatic N) is 2. The molecular weight excluding hydrogens is 511 g/mol. The van der Waals surface area contributed by atoms with Gasteiger partial charge in [0.1, 0.15) is 23.7 Å². The summed E-state index contributed by atoms with van der Waals surface area (Å²) >= 11 is 6.08. The standard InChI is InChI=1S/C25H25ClF3N5O3/c26-20-4-5-21(22(25(27,28)29)23(20)36-15-14-34-12-10-31-11-13-34)33-24(35)32-17-2-1-3-19(16-17)37-18-6-8-30-9-7-18/h1-9,16,31H,10-15H2,(H2,32,33,35). The highest BCUT2D eigenvalue weighted by atomic mass is 35.5. The third-order valence-electron chi connectivity index (χ3n) is 5.48. The molecule has 3 aromatic rings. The number of aromatic nitrogens is 1. The van der Waals surface area contributed by atoms with Gasteiger partial charge in [-0.1, -0.05) is 17.7 Å². The van der Waals surface area contributed by atoms with E-state index < -0.39 is 29.2 Å². The van der Waals surface area contributed by atoms with Crippen LogP contribution in [0.25, 0.3) is 0 Å². The molecule has 8 nitrogen and oxygen atoms in total. The number of urea groups is 1. The number of hydrogen-bond acceptors (Lipinski definition) is 6. The average Bonchev–Trinajstić information content (AvgIpc) is 2.86. The second-order valence-corrected chi connectivity index (χ2v) is 8.54. The largest absolute Gasteiger partial charge is 0.490 e. The Bertz CT molecular complexity index is 1210. The SMILES string of the molecule is O=C(Nc1cccc(Oc2ccncc2)c1)Nc1ccc(Cl)c(OCCN2CCNCC2)c1C(F)(F)F. The molecule has 1 saturated heterocycles. The Morgan fingerprint density at radius 2 is 1.81 bits per heavy atom. The van der Waals surface area contributed by atoms with Gasteiger partial charge >= 0.3 is 12.2 Å². The third kappa shape index (κ3) is 7.48. The molecule has 0 unspecified atom stereocenters. The van der Waals surface area contributed by atoms with Gasteiger partial charge < -0.3 is 25.4 Å². The molecule has 2 aromatic carbocycles. The van der Waals surface area contributed by atoms with Gasteiger partial charge in [0.05, 0.1) is 10.7 Å². The van der Waals surface area contributed by atoms with Crippen molar-refractivity contribution < 1.29 is 27.4 Å². The van der Waals surface area contributed by atoms with Crippen LogP contribution >= 0.6 is 11.6 Å². The molecule has 0 saturated carbocycles. The van der Waals surface area contributed by atoms with Gasteiger partial charge in [0.15, 0.2) is 5.75 Å². The maximum absolute atomic E-state index is 14.1. The van der Waals surface area contributed by atoms with Gasteiger partial charge in [-0.3, -0.25) is 9.88 Å². The highest BCUT2D eigenvalue weighted by Gasteiger charge is 2.39. The summed E-state index contributed by atoms with van der Waals surface area (Å²) in [6.07, 6.45) is -1.69. The minimum atomic E-state index is -4.82. The first-order chi connectivity index (χ1) is 17.8. The Kier molecular flexibility index (Phi) is 8.70. The van der Waals surface area contributed by atoms with E-state index in [0.29, 0.717) is 23.7 Å². The van der Waals surface area contributed by atoms with E-state index in [2.05, 4.69) is 25.8 Å². The van der Waals surface area contributed by atoms with Crippen LogP contribution in [-0.2, 0) is 6.18 Å². The van der Waals surface area contributed by atoms with Crippen molar-refractivity contribution in [3.8, 4) is 17.2 Å². The molecule has 12 heteroatoms. The van der Waals surface area contributed by atoms with Crippen LogP contribution in [-0.4, -0.2) is 55.2 Å². The number of carbonyl (C=O) groups is 1. The fraction of sp³-hybridized carbons (Fsp3) is 0.280. The number of nitrogens with one attached hydrogen (secondary N) is 3. The van der Waals surface area contributed by atoms with E-state index in [0.717, 1.165) is 32.2 Å². The number of amides is 2. The number of anilines is 2. The summed E-state index contributed by atoms with van der Waals surface area (Å²) < 4.78 is 53.4. The lowest BCUT2D eigenvalue weighted by Gasteiger charge is -2.27. The molecule has 2 heterocycles. The van der Waals surface area contributed by atoms with Gasteiger partial charge in [-0.2, -0.15) is 13.2 Å². The molecule has 1 fully saturated rings. The van der Waals surface area contributed by atoms with E-state index in [9.17, 15) is 18.0 Å². The molecular formula is C25H25ClF3N5O3. The molecule has 37 heavy (non-hydrogen) atoms. The van der Waals surface area contributed by atoms with Crippen molar-refractivity contribution >= 4 is 29.0 Å². The molecule has 3 N–H and O–H groups in total. The van der Waals surface area contributed by atoms with Gasteiger partial charge in [0.2, 0.25) is 0 Å². The van der Waals surface area contributed by atoms with E-state index in [4.69, 9.17) is 21.1 Å². The van der Waals surface area contributed by atoms with E-state index in [1.807, 2.05) is 0 Å². The summed E-state index contributed by atoms with van der Waals surface area (Å²) in [5.74, 6) is 0.443. The zero-order chi connectivity index (χ0) is 26.3. The number of carbonyl (C=O) groups excluding carboxylic acids is 1. The van der Waals surface area contributed by atoms with E-state index >= 15 is 0 Å². The zero-order valence-electron chi connectivity index (χ0n) is 19.6. The molecule has 0 spiro atoms. The van der Waals surface area contributed by atoms with Crippen molar-refractivity contribution in [1.29, 1.82) is 0 Å². The lowest BCUT2D eigenvalue weighted by molar-refractivity contribution is -0.138. The Balaban J connectivity index is 1.46. The van der Waals surface area contributed by atoms with Crippen LogP contribution in [0.4, 0.5) is 29.3 Å². The van der Waals surface area contributed by atoms with Gasteiger partial charge in [-0.05, 0) is 36.4 Å². The molecule has 0 atom stereocenters. The highest BCUT2D eigenvalue weighted by molar-refractivity contribution is 6.32. The molecule has 0 bridgehead atoms. The third-order valence-corrected chi connectivity index (χ3v) is 5.78. The Labute approximate surface area is 216 Å². The topological polar surface area (TPSA) is 87.8 Å². The molecule has 1 aromatic heterocycles. The Hall–Kier alpha value is -3.54. The number of benzene rings is 2. The normalized spacial score (nSPS) is 14.2. The van der Waals surface area contributed by atoms with Crippen molar-refractivity contribution in [2.24, 2.45) is 0 Å². The lowest BCUT2D eigenvalue weighted by atomic mass is 10.1. The first-order valence-electron chi connectivity index (χ1n) is 11.5. The van der Waals surface area contributed by atoms with Crippen LogP contribution in [0.5, 0.6) is 17.2 Å². The van der Waals surface area contributed by atoms with Gasteiger partial charge in [0, 0.05) is 56.9 Å². The maximum Gasteiger partial charge on any atom is 0.422 e. The van der Waals surface area contributed by atoms with Crippen molar-refractivity contribution in [2.75, 3.05) is 50.0 Å². The second kappa shape index (κ2) is 12.1. The van der Waals surface area contributed by atoms with Crippen LogP contribution < -0.4 is 25.4 Å². The number of pyridine rings is 1. The van der Waals surface area contributed by atoms with Crippen LogP contribution in [0.2, 0.25) is 5.02 Å². The number of piperazine rings is 1. The van der Waals surface area contributed by atoms with Crippen molar-refractivity contribution in [1.82, 2.24) is 15.2 Å². The fourth-order valence-electron chi connectivity index (χ4n) is 3.76.